The predicted molar refractivity (Wildman–Crippen MR) is 68.5 cm³/mol. The van der Waals surface area contributed by atoms with Gasteiger partial charge in [0, 0.05) is 6.42 Å². The first-order chi connectivity index (χ1) is 9.24. The van der Waals surface area contributed by atoms with Crippen LogP contribution in [-0.4, -0.2) is 15.2 Å². The Kier molecular flexibility index (Phi) is 3.00. The summed E-state index contributed by atoms with van der Waals surface area (Å²) in [7, 11) is 0. The quantitative estimate of drug-likeness (QED) is 0.797. The molecule has 0 bridgehead atoms. The molecule has 0 saturated carbocycles. The molecule has 19 heavy (non-hydrogen) atoms. The fourth-order valence-electron chi connectivity index (χ4n) is 1.69. The molecule has 96 valence electrons. The molecule has 0 spiro atoms. The van der Waals surface area contributed by atoms with E-state index in [1.807, 2.05) is 0 Å². The minimum Gasteiger partial charge on any atom is -0.506 e. The van der Waals surface area contributed by atoms with Crippen molar-refractivity contribution in [2.45, 2.75) is 6.42 Å². The van der Waals surface area contributed by atoms with Gasteiger partial charge >= 0.3 is 0 Å². The molecule has 0 aliphatic carbocycles. The van der Waals surface area contributed by atoms with Crippen LogP contribution in [0.5, 0.6) is 5.75 Å². The zero-order valence-electron chi connectivity index (χ0n) is 9.71. The van der Waals surface area contributed by atoms with E-state index in [9.17, 15) is 9.50 Å². The van der Waals surface area contributed by atoms with Gasteiger partial charge < -0.3 is 9.63 Å². The highest BCUT2D eigenvalue weighted by molar-refractivity contribution is 7.13. The van der Waals surface area contributed by atoms with Crippen molar-refractivity contribution in [1.82, 2.24) is 10.1 Å². The maximum atomic E-state index is 13.5. The van der Waals surface area contributed by atoms with E-state index in [0.717, 1.165) is 0 Å². The van der Waals surface area contributed by atoms with Crippen LogP contribution < -0.4 is 0 Å². The van der Waals surface area contributed by atoms with Gasteiger partial charge in [0.05, 0.1) is 0 Å². The summed E-state index contributed by atoms with van der Waals surface area (Å²) in [5.74, 6) is 0.436. The highest BCUT2D eigenvalue weighted by Crippen LogP contribution is 2.33. The van der Waals surface area contributed by atoms with Gasteiger partial charge in [0.15, 0.2) is 5.82 Å². The van der Waals surface area contributed by atoms with E-state index in [4.69, 9.17) is 4.52 Å². The molecule has 0 aliphatic rings. The summed E-state index contributed by atoms with van der Waals surface area (Å²) in [6.45, 7) is 0. The summed E-state index contributed by atoms with van der Waals surface area (Å²) in [6, 6.07) is 8.00. The van der Waals surface area contributed by atoms with Crippen LogP contribution in [0.15, 0.2) is 40.2 Å². The number of aromatic hydroxyl groups is 1. The SMILES string of the molecule is Oc1ccsc1-c1nc(Cc2ccccc2F)no1. The summed E-state index contributed by atoms with van der Waals surface area (Å²) in [5.41, 5.74) is 0.505. The van der Waals surface area contributed by atoms with Crippen LogP contribution in [-0.2, 0) is 6.42 Å². The van der Waals surface area contributed by atoms with Crippen molar-refractivity contribution in [3.05, 3.63) is 52.9 Å². The molecule has 1 aromatic carbocycles. The van der Waals surface area contributed by atoms with Gasteiger partial charge in [-0.25, -0.2) is 4.39 Å². The molecule has 4 nitrogen and oxygen atoms in total. The molecule has 0 atom stereocenters. The topological polar surface area (TPSA) is 59.2 Å². The van der Waals surface area contributed by atoms with Gasteiger partial charge in [-0.3, -0.25) is 0 Å². The van der Waals surface area contributed by atoms with Gasteiger partial charge in [-0.05, 0) is 23.1 Å². The third kappa shape index (κ3) is 2.34. The average Bonchev–Trinajstić information content (AvgIpc) is 3.01. The summed E-state index contributed by atoms with van der Waals surface area (Å²) in [6.07, 6.45) is 0.252. The Morgan fingerprint density at radius 1 is 1.26 bits per heavy atom. The third-order valence-corrected chi connectivity index (χ3v) is 3.50. The molecule has 3 rings (SSSR count). The molecule has 0 fully saturated rings. The van der Waals surface area contributed by atoms with Crippen molar-refractivity contribution in [3.63, 3.8) is 0 Å². The van der Waals surface area contributed by atoms with Gasteiger partial charge in [0.1, 0.15) is 16.4 Å². The molecule has 3 aromatic rings. The van der Waals surface area contributed by atoms with Crippen molar-refractivity contribution in [2.24, 2.45) is 0 Å². The summed E-state index contributed by atoms with van der Waals surface area (Å²) in [4.78, 5) is 4.68. The number of rotatable bonds is 3. The van der Waals surface area contributed by atoms with Gasteiger partial charge in [0.2, 0.25) is 0 Å². The number of halogens is 1. The van der Waals surface area contributed by atoms with Crippen LogP contribution in [0, 0.1) is 5.82 Å². The number of aromatic nitrogens is 2. The second kappa shape index (κ2) is 4.81. The Morgan fingerprint density at radius 3 is 2.84 bits per heavy atom. The van der Waals surface area contributed by atoms with Crippen molar-refractivity contribution in [1.29, 1.82) is 0 Å². The van der Waals surface area contributed by atoms with Crippen molar-refractivity contribution >= 4 is 11.3 Å². The van der Waals surface area contributed by atoms with E-state index >= 15 is 0 Å². The Bertz CT molecular complexity index is 708. The molecular weight excluding hydrogens is 267 g/mol. The lowest BCUT2D eigenvalue weighted by Gasteiger charge is -1.97. The lowest BCUT2D eigenvalue weighted by atomic mass is 10.1. The maximum Gasteiger partial charge on any atom is 0.271 e. The van der Waals surface area contributed by atoms with E-state index in [1.54, 1.807) is 29.6 Å². The van der Waals surface area contributed by atoms with Crippen LogP contribution in [0.2, 0.25) is 0 Å². The molecule has 0 saturated heterocycles. The highest BCUT2D eigenvalue weighted by atomic mass is 32.1. The number of thiophene rings is 1. The van der Waals surface area contributed by atoms with E-state index in [-0.39, 0.29) is 23.9 Å². The largest absolute Gasteiger partial charge is 0.506 e. The van der Waals surface area contributed by atoms with Crippen LogP contribution in [0.25, 0.3) is 10.8 Å². The molecule has 0 aliphatic heterocycles. The molecular formula is C13H9FN2O2S. The Hall–Kier alpha value is -2.21. The van der Waals surface area contributed by atoms with Crippen LogP contribution in [0.3, 0.4) is 0 Å². The number of hydrogen-bond donors (Lipinski definition) is 1. The van der Waals surface area contributed by atoms with Gasteiger partial charge in [0.25, 0.3) is 5.89 Å². The maximum absolute atomic E-state index is 13.5. The standard InChI is InChI=1S/C13H9FN2O2S/c14-9-4-2-1-3-8(9)7-11-15-13(18-16-11)12-10(17)5-6-19-12/h1-6,17H,7H2. The van der Waals surface area contributed by atoms with E-state index < -0.39 is 0 Å². The van der Waals surface area contributed by atoms with Crippen molar-refractivity contribution in [3.8, 4) is 16.5 Å². The Labute approximate surface area is 112 Å². The molecule has 0 unspecified atom stereocenters. The number of nitrogens with zero attached hydrogens (tertiary/aromatic N) is 2. The fourth-order valence-corrected chi connectivity index (χ4v) is 2.40. The van der Waals surface area contributed by atoms with Gasteiger partial charge in [-0.2, -0.15) is 4.98 Å². The zero-order valence-corrected chi connectivity index (χ0v) is 10.5. The summed E-state index contributed by atoms with van der Waals surface area (Å²) >= 11 is 1.31. The van der Waals surface area contributed by atoms with Crippen LogP contribution in [0.4, 0.5) is 4.39 Å². The fraction of sp³-hybridized carbons (Fsp3) is 0.0769. The first-order valence-corrected chi connectivity index (χ1v) is 6.45. The highest BCUT2D eigenvalue weighted by Gasteiger charge is 2.15. The van der Waals surface area contributed by atoms with Crippen LogP contribution >= 0.6 is 11.3 Å². The van der Waals surface area contributed by atoms with Crippen molar-refractivity contribution in [2.75, 3.05) is 0 Å². The predicted octanol–water partition coefficient (Wildman–Crippen LogP) is 3.23. The molecule has 0 radical (unpaired) electrons. The third-order valence-electron chi connectivity index (χ3n) is 2.61. The van der Waals surface area contributed by atoms with E-state index in [1.165, 1.54) is 17.4 Å². The first-order valence-electron chi connectivity index (χ1n) is 5.57. The summed E-state index contributed by atoms with van der Waals surface area (Å²) < 4.78 is 18.6. The molecule has 2 aromatic heterocycles. The van der Waals surface area contributed by atoms with E-state index in [0.29, 0.717) is 16.3 Å². The lowest BCUT2D eigenvalue weighted by molar-refractivity contribution is 0.420. The molecule has 0 amide bonds. The average molecular weight is 276 g/mol. The molecule has 1 N–H and O–H groups in total. The molecule has 6 heteroatoms. The number of hydrogen-bond acceptors (Lipinski definition) is 5. The number of benzene rings is 1. The summed E-state index contributed by atoms with van der Waals surface area (Å²) in [5, 5.41) is 15.1. The van der Waals surface area contributed by atoms with Crippen LogP contribution in [0.1, 0.15) is 11.4 Å². The van der Waals surface area contributed by atoms with Gasteiger partial charge in [-0.1, -0.05) is 23.4 Å². The Balaban J connectivity index is 1.87. The normalized spacial score (nSPS) is 10.8. The smallest absolute Gasteiger partial charge is 0.271 e. The minimum absolute atomic E-state index is 0.103. The second-order valence-corrected chi connectivity index (χ2v) is 4.84. The lowest BCUT2D eigenvalue weighted by Crippen LogP contribution is -1.94. The van der Waals surface area contributed by atoms with E-state index in [2.05, 4.69) is 10.1 Å². The Morgan fingerprint density at radius 2 is 2.11 bits per heavy atom. The van der Waals surface area contributed by atoms with Gasteiger partial charge in [-0.15, -0.1) is 11.3 Å². The monoisotopic (exact) mass is 276 g/mol. The van der Waals surface area contributed by atoms with Crippen molar-refractivity contribution < 1.29 is 14.0 Å². The first kappa shape index (κ1) is 11.9. The second-order valence-electron chi connectivity index (χ2n) is 3.92. The molecule has 2 heterocycles. The minimum atomic E-state index is -0.298. The zero-order chi connectivity index (χ0) is 13.2.